The molecule has 0 fully saturated rings. The number of allylic oxidation sites excluding steroid dienone is 6. The van der Waals surface area contributed by atoms with Crippen molar-refractivity contribution in [2.45, 2.75) is 78.7 Å². The van der Waals surface area contributed by atoms with E-state index in [4.69, 9.17) is 0 Å². The molecule has 21 heavy (non-hydrogen) atoms. The van der Waals surface area contributed by atoms with Crippen LogP contribution in [0.1, 0.15) is 73.1 Å². The molecule has 1 aliphatic carbocycles. The summed E-state index contributed by atoms with van der Waals surface area (Å²) in [7, 11) is 0. The van der Waals surface area contributed by atoms with Crippen molar-refractivity contribution in [3.63, 3.8) is 0 Å². The van der Waals surface area contributed by atoms with Crippen molar-refractivity contribution < 1.29 is 5.11 Å². The molecule has 1 N–H and O–H groups in total. The molecule has 0 spiro atoms. The quantitative estimate of drug-likeness (QED) is 0.604. The number of rotatable bonds is 1. The molecule has 1 rings (SSSR count). The standard InChI is InChI=1S/C20H34O/c1-16(2)19-12-11-18(4)9-6-8-17(3)10-7-14-20(5,21)15-13-19/h8-9,11-12,16,19,21H,6-7,10,13-15H2,1-5H3/b12-11+,17-8-,18-9-/t19-,20+/m0/s1. The molecule has 0 bridgehead atoms. The van der Waals surface area contributed by atoms with E-state index in [1.54, 1.807) is 0 Å². The van der Waals surface area contributed by atoms with Crippen molar-refractivity contribution in [3.05, 3.63) is 35.5 Å². The zero-order valence-electron chi connectivity index (χ0n) is 14.7. The van der Waals surface area contributed by atoms with Gasteiger partial charge in [-0.05, 0) is 71.1 Å². The average molecular weight is 290 g/mol. The van der Waals surface area contributed by atoms with E-state index in [1.165, 1.54) is 11.1 Å². The van der Waals surface area contributed by atoms with Crippen molar-refractivity contribution in [3.8, 4) is 0 Å². The maximum atomic E-state index is 10.6. The highest BCUT2D eigenvalue weighted by Crippen LogP contribution is 2.27. The summed E-state index contributed by atoms with van der Waals surface area (Å²) in [5, 5.41) is 10.6. The second kappa shape index (κ2) is 8.58. The van der Waals surface area contributed by atoms with Crippen LogP contribution in [-0.2, 0) is 0 Å². The minimum absolute atomic E-state index is 0.518. The minimum atomic E-state index is -0.518. The Balaban J connectivity index is 2.87. The van der Waals surface area contributed by atoms with Gasteiger partial charge < -0.3 is 5.11 Å². The van der Waals surface area contributed by atoms with Crippen LogP contribution in [0.2, 0.25) is 0 Å². The first-order chi connectivity index (χ1) is 9.80. The Morgan fingerprint density at radius 3 is 2.57 bits per heavy atom. The Hall–Kier alpha value is -0.820. The highest BCUT2D eigenvalue weighted by Gasteiger charge is 2.22. The average Bonchev–Trinajstić information content (AvgIpc) is 2.37. The van der Waals surface area contributed by atoms with E-state index >= 15 is 0 Å². The van der Waals surface area contributed by atoms with Gasteiger partial charge in [-0.1, -0.05) is 49.3 Å². The van der Waals surface area contributed by atoms with Gasteiger partial charge in [-0.15, -0.1) is 0 Å². The number of aliphatic hydroxyl groups is 1. The maximum absolute atomic E-state index is 10.6. The highest BCUT2D eigenvalue weighted by atomic mass is 16.3. The summed E-state index contributed by atoms with van der Waals surface area (Å²) >= 11 is 0. The van der Waals surface area contributed by atoms with E-state index in [0.29, 0.717) is 11.8 Å². The Bertz CT molecular complexity index is 396. The first-order valence-electron chi connectivity index (χ1n) is 8.53. The van der Waals surface area contributed by atoms with Crippen molar-refractivity contribution in [1.82, 2.24) is 0 Å². The molecule has 0 heterocycles. The van der Waals surface area contributed by atoms with E-state index < -0.39 is 5.60 Å². The lowest BCUT2D eigenvalue weighted by atomic mass is 9.84. The van der Waals surface area contributed by atoms with E-state index in [0.717, 1.165) is 38.5 Å². The summed E-state index contributed by atoms with van der Waals surface area (Å²) < 4.78 is 0. The predicted octanol–water partition coefficient (Wildman–Crippen LogP) is 5.81. The monoisotopic (exact) mass is 290 g/mol. The number of hydrogen-bond donors (Lipinski definition) is 1. The van der Waals surface area contributed by atoms with E-state index in [1.807, 2.05) is 6.92 Å². The third-order valence-corrected chi connectivity index (χ3v) is 4.67. The zero-order valence-corrected chi connectivity index (χ0v) is 14.7. The molecule has 0 saturated heterocycles. The second-order valence-electron chi connectivity index (χ2n) is 7.39. The molecular weight excluding hydrogens is 256 g/mol. The smallest absolute Gasteiger partial charge is 0.0620 e. The normalized spacial score (nSPS) is 36.2. The molecule has 0 unspecified atom stereocenters. The second-order valence-corrected chi connectivity index (χ2v) is 7.39. The molecule has 1 aliphatic rings. The van der Waals surface area contributed by atoms with Crippen molar-refractivity contribution in [1.29, 1.82) is 0 Å². The van der Waals surface area contributed by atoms with Gasteiger partial charge in [-0.2, -0.15) is 0 Å². The van der Waals surface area contributed by atoms with Crippen LogP contribution >= 0.6 is 0 Å². The van der Waals surface area contributed by atoms with Crippen LogP contribution in [0.3, 0.4) is 0 Å². The Kier molecular flexibility index (Phi) is 7.45. The van der Waals surface area contributed by atoms with Crippen molar-refractivity contribution in [2.24, 2.45) is 11.8 Å². The van der Waals surface area contributed by atoms with Gasteiger partial charge in [0.15, 0.2) is 0 Å². The van der Waals surface area contributed by atoms with Crippen LogP contribution in [0.25, 0.3) is 0 Å². The predicted molar refractivity (Wildman–Crippen MR) is 93.3 cm³/mol. The minimum Gasteiger partial charge on any atom is -0.390 e. The van der Waals surface area contributed by atoms with E-state index in [2.05, 4.69) is 52.0 Å². The lowest BCUT2D eigenvalue weighted by Crippen LogP contribution is -2.25. The van der Waals surface area contributed by atoms with Crippen LogP contribution in [0.5, 0.6) is 0 Å². The summed E-state index contributed by atoms with van der Waals surface area (Å²) in [6, 6.07) is 0. The summed E-state index contributed by atoms with van der Waals surface area (Å²) in [5.74, 6) is 1.18. The third kappa shape index (κ3) is 7.66. The van der Waals surface area contributed by atoms with E-state index in [9.17, 15) is 5.11 Å². The first kappa shape index (κ1) is 18.2. The number of hydrogen-bond acceptors (Lipinski definition) is 1. The fourth-order valence-corrected chi connectivity index (χ4v) is 2.89. The van der Waals surface area contributed by atoms with Crippen molar-refractivity contribution in [2.75, 3.05) is 0 Å². The SMILES string of the molecule is CC1=C/C/C=C(/C)CCC[C@@](C)(O)CC[C@@H](C(C)C)\C=C\1. The van der Waals surface area contributed by atoms with Gasteiger partial charge in [-0.25, -0.2) is 0 Å². The summed E-state index contributed by atoms with van der Waals surface area (Å²) in [6.07, 6.45) is 15.3. The van der Waals surface area contributed by atoms with Crippen LogP contribution in [-0.4, -0.2) is 10.7 Å². The molecular formula is C20H34O. The van der Waals surface area contributed by atoms with Gasteiger partial charge >= 0.3 is 0 Å². The van der Waals surface area contributed by atoms with Gasteiger partial charge in [0.2, 0.25) is 0 Å². The van der Waals surface area contributed by atoms with Crippen LogP contribution in [0.4, 0.5) is 0 Å². The maximum Gasteiger partial charge on any atom is 0.0620 e. The molecule has 120 valence electrons. The molecule has 0 aromatic carbocycles. The van der Waals surface area contributed by atoms with Gasteiger partial charge in [0, 0.05) is 0 Å². The largest absolute Gasteiger partial charge is 0.390 e. The Morgan fingerprint density at radius 2 is 1.90 bits per heavy atom. The molecule has 1 heteroatoms. The fraction of sp³-hybridized carbons (Fsp3) is 0.700. The summed E-state index contributed by atoms with van der Waals surface area (Å²) in [6.45, 7) is 10.9. The van der Waals surface area contributed by atoms with Gasteiger partial charge in [-0.3, -0.25) is 0 Å². The summed E-state index contributed by atoms with van der Waals surface area (Å²) in [5.41, 5.74) is 2.26. The summed E-state index contributed by atoms with van der Waals surface area (Å²) in [4.78, 5) is 0. The highest BCUT2D eigenvalue weighted by molar-refractivity contribution is 5.18. The molecule has 0 radical (unpaired) electrons. The zero-order chi connectivity index (χ0) is 15.9. The molecule has 0 aliphatic heterocycles. The van der Waals surface area contributed by atoms with Gasteiger partial charge in [0.05, 0.1) is 5.60 Å². The van der Waals surface area contributed by atoms with Crippen LogP contribution in [0.15, 0.2) is 35.5 Å². The van der Waals surface area contributed by atoms with Crippen LogP contribution in [0, 0.1) is 11.8 Å². The molecule has 1 nitrogen and oxygen atoms in total. The third-order valence-electron chi connectivity index (χ3n) is 4.67. The first-order valence-corrected chi connectivity index (χ1v) is 8.53. The molecule has 0 amide bonds. The lowest BCUT2D eigenvalue weighted by molar-refractivity contribution is 0.0337. The van der Waals surface area contributed by atoms with Crippen LogP contribution < -0.4 is 0 Å². The molecule has 2 atom stereocenters. The van der Waals surface area contributed by atoms with Gasteiger partial charge in [0.1, 0.15) is 0 Å². The topological polar surface area (TPSA) is 20.2 Å². The van der Waals surface area contributed by atoms with E-state index in [-0.39, 0.29) is 0 Å². The fourth-order valence-electron chi connectivity index (χ4n) is 2.89. The Morgan fingerprint density at radius 1 is 1.19 bits per heavy atom. The molecule has 0 saturated carbocycles. The molecule has 0 aromatic rings. The Labute approximate surface area is 131 Å². The molecule has 0 aromatic heterocycles. The lowest BCUT2D eigenvalue weighted by Gasteiger charge is -2.27. The van der Waals surface area contributed by atoms with Gasteiger partial charge in [0.25, 0.3) is 0 Å². The van der Waals surface area contributed by atoms with Crippen molar-refractivity contribution >= 4 is 0 Å².